The maximum atomic E-state index is 11.1. The first-order chi connectivity index (χ1) is 8.72. The third kappa shape index (κ3) is 2.73. The van der Waals surface area contributed by atoms with Crippen molar-refractivity contribution in [2.24, 2.45) is 5.73 Å². The van der Waals surface area contributed by atoms with Crippen LogP contribution in [0.2, 0.25) is 0 Å². The quantitative estimate of drug-likeness (QED) is 0.780. The molecule has 0 aliphatic carbocycles. The van der Waals surface area contributed by atoms with Gasteiger partial charge in [-0.2, -0.15) is 0 Å². The molecule has 3 heteroatoms. The van der Waals surface area contributed by atoms with Gasteiger partial charge in [0.2, 0.25) is 5.91 Å². The highest BCUT2D eigenvalue weighted by Crippen LogP contribution is 2.22. The van der Waals surface area contributed by atoms with Crippen molar-refractivity contribution in [2.45, 2.75) is 39.2 Å². The molecule has 0 aliphatic rings. The summed E-state index contributed by atoms with van der Waals surface area (Å²) in [5.74, 6) is -0.272. The van der Waals surface area contributed by atoms with Gasteiger partial charge in [0.05, 0.1) is 6.42 Å². The molecule has 0 bridgehead atoms. The van der Waals surface area contributed by atoms with Gasteiger partial charge in [0.1, 0.15) is 0 Å². The first kappa shape index (κ1) is 12.7. The van der Waals surface area contributed by atoms with E-state index >= 15 is 0 Å². The van der Waals surface area contributed by atoms with Gasteiger partial charge in [0.25, 0.3) is 0 Å². The van der Waals surface area contributed by atoms with Gasteiger partial charge in [0, 0.05) is 23.6 Å². The smallest absolute Gasteiger partial charge is 0.221 e. The van der Waals surface area contributed by atoms with Crippen molar-refractivity contribution in [2.75, 3.05) is 0 Å². The first-order valence-electron chi connectivity index (χ1n) is 6.57. The number of fused-ring (bicyclic) bond motifs is 1. The molecule has 0 saturated heterocycles. The first-order valence-corrected chi connectivity index (χ1v) is 6.57. The molecule has 0 unspecified atom stereocenters. The molecule has 1 amide bonds. The summed E-state index contributed by atoms with van der Waals surface area (Å²) >= 11 is 0. The van der Waals surface area contributed by atoms with Gasteiger partial charge in [-0.15, -0.1) is 0 Å². The zero-order valence-corrected chi connectivity index (χ0v) is 10.9. The van der Waals surface area contributed by atoms with Crippen LogP contribution >= 0.6 is 0 Å². The van der Waals surface area contributed by atoms with Crippen LogP contribution in [0.3, 0.4) is 0 Å². The number of carbonyl (C=O) groups excluding carboxylic acids is 1. The number of carbonyl (C=O) groups is 1. The summed E-state index contributed by atoms with van der Waals surface area (Å²) in [6.07, 6.45) is 6.02. The Morgan fingerprint density at radius 1 is 1.28 bits per heavy atom. The number of benzene rings is 1. The fraction of sp³-hybridized carbons (Fsp3) is 0.400. The molecule has 0 saturated carbocycles. The minimum Gasteiger partial charge on any atom is -0.369 e. The van der Waals surface area contributed by atoms with Crippen LogP contribution in [0, 0.1) is 0 Å². The zero-order chi connectivity index (χ0) is 13.0. The number of primary amides is 1. The average Bonchev–Trinajstić information content (AvgIpc) is 2.68. The molecule has 2 N–H and O–H groups in total. The summed E-state index contributed by atoms with van der Waals surface area (Å²) in [6.45, 7) is 3.21. The summed E-state index contributed by atoms with van der Waals surface area (Å²) in [4.78, 5) is 11.1. The van der Waals surface area contributed by atoms with Crippen LogP contribution in [0.4, 0.5) is 0 Å². The number of aryl methyl sites for hydroxylation is 1. The summed E-state index contributed by atoms with van der Waals surface area (Å²) in [6, 6.07) is 8.20. The minimum absolute atomic E-state index is 0.272. The Kier molecular flexibility index (Phi) is 4.03. The number of hydrogen-bond donors (Lipinski definition) is 1. The topological polar surface area (TPSA) is 48.0 Å². The third-order valence-electron chi connectivity index (χ3n) is 3.24. The van der Waals surface area contributed by atoms with Crippen molar-refractivity contribution in [1.82, 2.24) is 4.57 Å². The van der Waals surface area contributed by atoms with Crippen LogP contribution in [0.15, 0.2) is 30.5 Å². The monoisotopic (exact) mass is 244 g/mol. The molecule has 18 heavy (non-hydrogen) atoms. The Balaban J connectivity index is 2.31. The summed E-state index contributed by atoms with van der Waals surface area (Å²) in [5.41, 5.74) is 7.53. The van der Waals surface area contributed by atoms with Crippen LogP contribution in [0.25, 0.3) is 10.9 Å². The number of amides is 1. The van der Waals surface area contributed by atoms with Gasteiger partial charge in [-0.3, -0.25) is 4.79 Å². The Morgan fingerprint density at radius 3 is 2.78 bits per heavy atom. The number of nitrogens with zero attached hydrogens (tertiary/aromatic N) is 1. The lowest BCUT2D eigenvalue weighted by atomic mass is 10.1. The average molecular weight is 244 g/mol. The van der Waals surface area contributed by atoms with E-state index in [0.29, 0.717) is 6.42 Å². The molecular formula is C15H20N2O. The maximum Gasteiger partial charge on any atom is 0.221 e. The molecule has 1 heterocycles. The molecule has 0 aliphatic heterocycles. The van der Waals surface area contributed by atoms with Crippen LogP contribution in [0.1, 0.15) is 31.7 Å². The third-order valence-corrected chi connectivity index (χ3v) is 3.24. The van der Waals surface area contributed by atoms with Gasteiger partial charge in [0.15, 0.2) is 0 Å². The maximum absolute atomic E-state index is 11.1. The standard InChI is InChI=1S/C15H20N2O/c1-2-3-6-9-17-11-12(10-15(16)18)13-7-4-5-8-14(13)17/h4-5,7-8,11H,2-3,6,9-10H2,1H3,(H2,16,18). The van der Waals surface area contributed by atoms with Crippen molar-refractivity contribution in [3.63, 3.8) is 0 Å². The predicted octanol–water partition coefficient (Wildman–Crippen LogP) is 2.86. The Morgan fingerprint density at radius 2 is 2.06 bits per heavy atom. The zero-order valence-electron chi connectivity index (χ0n) is 10.9. The molecule has 3 nitrogen and oxygen atoms in total. The Labute approximate surface area is 108 Å². The van der Waals surface area contributed by atoms with Crippen LogP contribution in [-0.2, 0) is 17.8 Å². The second-order valence-corrected chi connectivity index (χ2v) is 4.72. The molecule has 0 spiro atoms. The van der Waals surface area contributed by atoms with Gasteiger partial charge in [-0.05, 0) is 18.1 Å². The van der Waals surface area contributed by atoms with E-state index in [2.05, 4.69) is 29.8 Å². The molecular weight excluding hydrogens is 224 g/mol. The number of rotatable bonds is 6. The molecule has 2 rings (SSSR count). The SMILES string of the molecule is CCCCCn1cc(CC(N)=O)c2ccccc21. The highest BCUT2D eigenvalue weighted by molar-refractivity contribution is 5.88. The lowest BCUT2D eigenvalue weighted by Gasteiger charge is -2.03. The largest absolute Gasteiger partial charge is 0.369 e. The summed E-state index contributed by atoms with van der Waals surface area (Å²) < 4.78 is 2.24. The molecule has 0 atom stereocenters. The van der Waals surface area contributed by atoms with Gasteiger partial charge < -0.3 is 10.3 Å². The highest BCUT2D eigenvalue weighted by atomic mass is 16.1. The van der Waals surface area contributed by atoms with Crippen molar-refractivity contribution >= 4 is 16.8 Å². The normalized spacial score (nSPS) is 10.9. The fourth-order valence-corrected chi connectivity index (χ4v) is 2.37. The van der Waals surface area contributed by atoms with Crippen molar-refractivity contribution in [3.05, 3.63) is 36.0 Å². The van der Waals surface area contributed by atoms with Gasteiger partial charge in [-0.25, -0.2) is 0 Å². The number of hydrogen-bond acceptors (Lipinski definition) is 1. The van der Waals surface area contributed by atoms with Crippen LogP contribution in [0.5, 0.6) is 0 Å². The number of nitrogens with two attached hydrogens (primary N) is 1. The van der Waals surface area contributed by atoms with Gasteiger partial charge >= 0.3 is 0 Å². The molecule has 0 radical (unpaired) electrons. The van der Waals surface area contributed by atoms with E-state index in [1.165, 1.54) is 24.8 Å². The highest BCUT2D eigenvalue weighted by Gasteiger charge is 2.09. The van der Waals surface area contributed by atoms with Crippen LogP contribution in [-0.4, -0.2) is 10.5 Å². The van der Waals surface area contributed by atoms with Crippen molar-refractivity contribution < 1.29 is 4.79 Å². The van der Waals surface area contributed by atoms with E-state index in [9.17, 15) is 4.79 Å². The summed E-state index contributed by atoms with van der Waals surface area (Å²) in [5, 5.41) is 1.15. The molecule has 1 aromatic carbocycles. The van der Waals surface area contributed by atoms with E-state index in [4.69, 9.17) is 5.73 Å². The number of aromatic nitrogens is 1. The van der Waals surface area contributed by atoms with Crippen molar-refractivity contribution in [3.8, 4) is 0 Å². The number of unbranched alkanes of at least 4 members (excludes halogenated alkanes) is 2. The second-order valence-electron chi connectivity index (χ2n) is 4.72. The second kappa shape index (κ2) is 5.71. The predicted molar refractivity (Wildman–Crippen MR) is 74.4 cm³/mol. The van der Waals surface area contributed by atoms with Crippen molar-refractivity contribution in [1.29, 1.82) is 0 Å². The molecule has 96 valence electrons. The summed E-state index contributed by atoms with van der Waals surface area (Å²) in [7, 11) is 0. The fourth-order valence-electron chi connectivity index (χ4n) is 2.37. The molecule has 0 fully saturated rings. The lowest BCUT2D eigenvalue weighted by molar-refractivity contribution is -0.117. The molecule has 1 aromatic heterocycles. The van der Waals surface area contributed by atoms with E-state index in [1.54, 1.807) is 0 Å². The Hall–Kier alpha value is -1.77. The molecule has 2 aromatic rings. The van der Waals surface area contributed by atoms with E-state index in [-0.39, 0.29) is 5.91 Å². The van der Waals surface area contributed by atoms with Crippen LogP contribution < -0.4 is 5.73 Å². The number of para-hydroxylation sites is 1. The van der Waals surface area contributed by atoms with Gasteiger partial charge in [-0.1, -0.05) is 38.0 Å². The van der Waals surface area contributed by atoms with E-state index in [0.717, 1.165) is 17.5 Å². The van der Waals surface area contributed by atoms with E-state index < -0.39 is 0 Å². The lowest BCUT2D eigenvalue weighted by Crippen LogP contribution is -2.13. The Bertz CT molecular complexity index is 542. The minimum atomic E-state index is -0.272. The van der Waals surface area contributed by atoms with E-state index in [1.807, 2.05) is 12.1 Å².